The minimum Gasteiger partial charge on any atom is -0.449 e. The number of halogens is 1. The Kier molecular flexibility index (Phi) is 5.76. The van der Waals surface area contributed by atoms with E-state index in [1.807, 2.05) is 0 Å². The second kappa shape index (κ2) is 7.65. The van der Waals surface area contributed by atoms with Crippen LogP contribution in [0.4, 0.5) is 10.1 Å². The van der Waals surface area contributed by atoms with Gasteiger partial charge in [0, 0.05) is 11.9 Å². The van der Waals surface area contributed by atoms with Gasteiger partial charge in [0.1, 0.15) is 5.82 Å². The first-order valence-electron chi connectivity index (χ1n) is 7.66. The van der Waals surface area contributed by atoms with Crippen LogP contribution in [0.3, 0.4) is 0 Å². The van der Waals surface area contributed by atoms with Crippen molar-refractivity contribution in [3.63, 3.8) is 0 Å². The fraction of sp³-hybridized carbons (Fsp3) is 0.222. The summed E-state index contributed by atoms with van der Waals surface area (Å²) >= 11 is 0. The highest BCUT2D eigenvalue weighted by molar-refractivity contribution is 7.90. The van der Waals surface area contributed by atoms with Crippen LogP contribution < -0.4 is 5.32 Å². The topological polar surface area (TPSA) is 89.5 Å². The lowest BCUT2D eigenvalue weighted by Crippen LogP contribution is -2.30. The van der Waals surface area contributed by atoms with Crippen molar-refractivity contribution in [2.24, 2.45) is 0 Å². The van der Waals surface area contributed by atoms with Gasteiger partial charge in [-0.1, -0.05) is 18.2 Å². The number of ether oxygens (including phenoxy) is 1. The Morgan fingerprint density at radius 2 is 1.81 bits per heavy atom. The van der Waals surface area contributed by atoms with Gasteiger partial charge in [0.15, 0.2) is 15.9 Å². The van der Waals surface area contributed by atoms with Gasteiger partial charge in [-0.3, -0.25) is 4.79 Å². The quantitative estimate of drug-likeness (QED) is 0.807. The Morgan fingerprint density at radius 1 is 1.15 bits per heavy atom. The van der Waals surface area contributed by atoms with E-state index in [4.69, 9.17) is 4.74 Å². The number of nitrogens with one attached hydrogen (secondary N) is 1. The molecule has 0 radical (unpaired) electrons. The standard InChI is InChI=1S/C18H18FNO5S/c1-11-8-9-13(10-15(11)19)20-17(21)12(2)25-18(22)14-6-4-5-7-16(14)26(3,23)24/h4-10,12H,1-3H3,(H,20,21)/t12-/m1/s1. The number of sulfone groups is 1. The van der Waals surface area contributed by atoms with Crippen molar-refractivity contribution in [1.82, 2.24) is 0 Å². The van der Waals surface area contributed by atoms with Crippen LogP contribution in [0, 0.1) is 12.7 Å². The van der Waals surface area contributed by atoms with Crippen molar-refractivity contribution in [1.29, 1.82) is 0 Å². The first kappa shape index (κ1) is 19.6. The zero-order valence-corrected chi connectivity index (χ0v) is 15.3. The maximum atomic E-state index is 13.5. The molecule has 138 valence electrons. The summed E-state index contributed by atoms with van der Waals surface area (Å²) in [4.78, 5) is 24.2. The van der Waals surface area contributed by atoms with Gasteiger partial charge in [-0.15, -0.1) is 0 Å². The Hall–Kier alpha value is -2.74. The zero-order chi connectivity index (χ0) is 19.5. The molecule has 2 rings (SSSR count). The van der Waals surface area contributed by atoms with Crippen molar-refractivity contribution < 1.29 is 27.1 Å². The lowest BCUT2D eigenvalue weighted by molar-refractivity contribution is -0.123. The van der Waals surface area contributed by atoms with Crippen LogP contribution in [0.2, 0.25) is 0 Å². The van der Waals surface area contributed by atoms with Crippen LogP contribution in [0.5, 0.6) is 0 Å². The molecular formula is C18H18FNO5S. The number of anilines is 1. The number of hydrogen-bond donors (Lipinski definition) is 1. The van der Waals surface area contributed by atoms with E-state index in [-0.39, 0.29) is 16.1 Å². The van der Waals surface area contributed by atoms with Crippen molar-refractivity contribution in [2.45, 2.75) is 24.8 Å². The number of carbonyl (C=O) groups is 2. The molecule has 8 heteroatoms. The summed E-state index contributed by atoms with van der Waals surface area (Å²) in [6, 6.07) is 9.74. The minimum atomic E-state index is -3.63. The van der Waals surface area contributed by atoms with Crippen molar-refractivity contribution >= 4 is 27.4 Å². The summed E-state index contributed by atoms with van der Waals surface area (Å²) in [6.45, 7) is 2.92. The fourth-order valence-electron chi connectivity index (χ4n) is 2.15. The largest absolute Gasteiger partial charge is 0.449 e. The van der Waals surface area contributed by atoms with Crippen LogP contribution in [0.25, 0.3) is 0 Å². The minimum absolute atomic E-state index is 0.156. The van der Waals surface area contributed by atoms with Gasteiger partial charge in [-0.05, 0) is 43.7 Å². The van der Waals surface area contributed by atoms with Crippen molar-refractivity contribution in [3.05, 3.63) is 59.4 Å². The van der Waals surface area contributed by atoms with E-state index in [0.29, 0.717) is 5.56 Å². The fourth-order valence-corrected chi connectivity index (χ4v) is 3.03. The molecule has 0 aliphatic carbocycles. The molecule has 0 bridgehead atoms. The first-order chi connectivity index (χ1) is 12.1. The Morgan fingerprint density at radius 3 is 2.42 bits per heavy atom. The third-order valence-electron chi connectivity index (χ3n) is 3.60. The summed E-state index contributed by atoms with van der Waals surface area (Å²) < 4.78 is 42.1. The maximum absolute atomic E-state index is 13.5. The number of aryl methyl sites for hydroxylation is 1. The van der Waals surface area contributed by atoms with Gasteiger partial charge in [0.25, 0.3) is 5.91 Å². The molecule has 1 amide bonds. The van der Waals surface area contributed by atoms with Gasteiger partial charge in [-0.25, -0.2) is 17.6 Å². The number of benzene rings is 2. The molecule has 26 heavy (non-hydrogen) atoms. The molecule has 1 atom stereocenters. The molecule has 0 saturated heterocycles. The number of esters is 1. The molecule has 0 spiro atoms. The van der Waals surface area contributed by atoms with Gasteiger partial charge < -0.3 is 10.1 Å². The third-order valence-corrected chi connectivity index (χ3v) is 4.75. The molecule has 0 fully saturated rings. The molecule has 6 nitrogen and oxygen atoms in total. The average Bonchev–Trinajstić information content (AvgIpc) is 2.57. The van der Waals surface area contributed by atoms with E-state index in [9.17, 15) is 22.4 Å². The molecule has 0 heterocycles. The zero-order valence-electron chi connectivity index (χ0n) is 14.4. The lowest BCUT2D eigenvalue weighted by atomic mass is 10.2. The van der Waals surface area contributed by atoms with Crippen LogP contribution in [-0.2, 0) is 19.4 Å². The molecule has 0 saturated carbocycles. The summed E-state index contributed by atoms with van der Waals surface area (Å²) in [5.41, 5.74) is 0.494. The highest BCUT2D eigenvalue weighted by Gasteiger charge is 2.24. The Balaban J connectivity index is 2.12. The highest BCUT2D eigenvalue weighted by atomic mass is 32.2. The molecule has 0 aliphatic heterocycles. The van der Waals surface area contributed by atoms with Gasteiger partial charge >= 0.3 is 5.97 Å². The third kappa shape index (κ3) is 4.66. The first-order valence-corrected chi connectivity index (χ1v) is 9.56. The van der Waals surface area contributed by atoms with E-state index >= 15 is 0 Å². The summed E-state index contributed by atoms with van der Waals surface area (Å²) in [7, 11) is -3.63. The van der Waals surface area contributed by atoms with E-state index in [2.05, 4.69) is 5.32 Å². The van der Waals surface area contributed by atoms with Crippen LogP contribution >= 0.6 is 0 Å². The van der Waals surface area contributed by atoms with Crippen molar-refractivity contribution in [3.8, 4) is 0 Å². The average molecular weight is 379 g/mol. The molecule has 2 aromatic rings. The van der Waals surface area contributed by atoms with Crippen LogP contribution in [0.15, 0.2) is 47.4 Å². The smallest absolute Gasteiger partial charge is 0.340 e. The monoisotopic (exact) mass is 379 g/mol. The molecular weight excluding hydrogens is 361 g/mol. The normalized spacial score (nSPS) is 12.3. The molecule has 2 aromatic carbocycles. The number of amides is 1. The molecule has 0 aliphatic rings. The predicted octanol–water partition coefficient (Wildman–Crippen LogP) is 2.72. The number of hydrogen-bond acceptors (Lipinski definition) is 5. The van der Waals surface area contributed by atoms with E-state index in [1.54, 1.807) is 6.92 Å². The summed E-state index contributed by atoms with van der Waals surface area (Å²) in [5.74, 6) is -2.09. The SMILES string of the molecule is Cc1ccc(NC(=O)[C@@H](C)OC(=O)c2ccccc2S(C)(=O)=O)cc1F. The predicted molar refractivity (Wildman–Crippen MR) is 94.2 cm³/mol. The second-order valence-electron chi connectivity index (χ2n) is 5.77. The van der Waals surface area contributed by atoms with Crippen LogP contribution in [-0.4, -0.2) is 32.7 Å². The van der Waals surface area contributed by atoms with Crippen molar-refractivity contribution in [2.75, 3.05) is 11.6 Å². The Labute approximate surface area is 150 Å². The van der Waals surface area contributed by atoms with E-state index in [0.717, 1.165) is 12.3 Å². The molecule has 1 N–H and O–H groups in total. The lowest BCUT2D eigenvalue weighted by Gasteiger charge is -2.15. The second-order valence-corrected chi connectivity index (χ2v) is 7.75. The summed E-state index contributed by atoms with van der Waals surface area (Å²) in [5, 5.41) is 2.44. The van der Waals surface area contributed by atoms with E-state index < -0.39 is 33.6 Å². The van der Waals surface area contributed by atoms with Crippen LogP contribution in [0.1, 0.15) is 22.8 Å². The Bertz CT molecular complexity index is 956. The maximum Gasteiger partial charge on any atom is 0.340 e. The number of carbonyl (C=O) groups excluding carboxylic acids is 2. The van der Waals surface area contributed by atoms with Gasteiger partial charge in [-0.2, -0.15) is 0 Å². The summed E-state index contributed by atoms with van der Waals surface area (Å²) in [6.07, 6.45) is -0.235. The highest BCUT2D eigenvalue weighted by Crippen LogP contribution is 2.18. The molecule has 0 aromatic heterocycles. The molecule has 0 unspecified atom stereocenters. The number of rotatable bonds is 5. The van der Waals surface area contributed by atoms with E-state index in [1.165, 1.54) is 43.3 Å². The van der Waals surface area contributed by atoms with Gasteiger partial charge in [0.2, 0.25) is 0 Å². The van der Waals surface area contributed by atoms with Gasteiger partial charge in [0.05, 0.1) is 10.5 Å².